The number of piperazine rings is 1. The molecule has 126 valence electrons. The van der Waals surface area contributed by atoms with Crippen LogP contribution in [0.1, 0.15) is 27.2 Å². The minimum Gasteiger partial charge on any atom is -0.480 e. The number of carbonyl (C=O) groups excluding carboxylic acids is 1. The molecule has 2 heterocycles. The van der Waals surface area contributed by atoms with Gasteiger partial charge in [0.2, 0.25) is 5.91 Å². The third kappa shape index (κ3) is 4.43. The van der Waals surface area contributed by atoms with Gasteiger partial charge in [0.25, 0.3) is 0 Å². The molecule has 2 saturated heterocycles. The maximum Gasteiger partial charge on any atom is 0.320 e. The fraction of sp³-hybridized carbons (Fsp3) is 0.875. The second kappa shape index (κ2) is 7.42. The molecule has 3 atom stereocenters. The number of hydrogen-bond donors (Lipinski definition) is 1. The lowest BCUT2D eigenvalue weighted by molar-refractivity contribution is -0.144. The minimum absolute atomic E-state index is 0.220. The number of amides is 1. The highest BCUT2D eigenvalue weighted by Crippen LogP contribution is 2.21. The van der Waals surface area contributed by atoms with Crippen molar-refractivity contribution in [2.45, 2.75) is 33.2 Å². The lowest BCUT2D eigenvalue weighted by Gasteiger charge is -2.39. The Morgan fingerprint density at radius 2 is 1.64 bits per heavy atom. The van der Waals surface area contributed by atoms with Crippen molar-refractivity contribution < 1.29 is 14.7 Å². The SMILES string of the molecule is CC1CC(C)CN(C(=O)CN2CCN(C(C)C(=O)O)CC2)C1. The van der Waals surface area contributed by atoms with Gasteiger partial charge in [-0.15, -0.1) is 0 Å². The number of piperidine rings is 1. The van der Waals surface area contributed by atoms with Crippen LogP contribution in [0.2, 0.25) is 0 Å². The van der Waals surface area contributed by atoms with Gasteiger partial charge in [-0.05, 0) is 25.2 Å². The van der Waals surface area contributed by atoms with Crippen molar-refractivity contribution in [3.05, 3.63) is 0 Å². The molecule has 22 heavy (non-hydrogen) atoms. The van der Waals surface area contributed by atoms with E-state index in [1.54, 1.807) is 6.92 Å². The van der Waals surface area contributed by atoms with E-state index in [2.05, 4.69) is 18.7 Å². The van der Waals surface area contributed by atoms with Gasteiger partial charge in [0.05, 0.1) is 6.54 Å². The van der Waals surface area contributed by atoms with Crippen molar-refractivity contribution >= 4 is 11.9 Å². The Bertz CT molecular complexity index is 397. The van der Waals surface area contributed by atoms with Crippen molar-refractivity contribution in [1.29, 1.82) is 0 Å². The Morgan fingerprint density at radius 3 is 2.14 bits per heavy atom. The second-order valence-electron chi connectivity index (χ2n) is 7.07. The summed E-state index contributed by atoms with van der Waals surface area (Å²) in [5, 5.41) is 9.05. The molecule has 0 aromatic heterocycles. The van der Waals surface area contributed by atoms with Gasteiger partial charge in [0, 0.05) is 39.3 Å². The molecule has 2 aliphatic rings. The van der Waals surface area contributed by atoms with E-state index in [1.807, 2.05) is 9.80 Å². The summed E-state index contributed by atoms with van der Waals surface area (Å²) in [5.74, 6) is 0.612. The molecule has 2 fully saturated rings. The molecule has 0 spiro atoms. The maximum atomic E-state index is 12.5. The number of likely N-dealkylation sites (tertiary alicyclic amines) is 1. The summed E-state index contributed by atoms with van der Waals surface area (Å²) in [5.41, 5.74) is 0. The summed E-state index contributed by atoms with van der Waals surface area (Å²) in [6.07, 6.45) is 1.20. The summed E-state index contributed by atoms with van der Waals surface area (Å²) in [6, 6.07) is -0.443. The van der Waals surface area contributed by atoms with Crippen LogP contribution in [0.15, 0.2) is 0 Å². The van der Waals surface area contributed by atoms with Gasteiger partial charge in [-0.2, -0.15) is 0 Å². The highest BCUT2D eigenvalue weighted by atomic mass is 16.4. The zero-order valence-electron chi connectivity index (χ0n) is 14.0. The molecule has 0 aromatic carbocycles. The first-order valence-corrected chi connectivity index (χ1v) is 8.33. The summed E-state index contributed by atoms with van der Waals surface area (Å²) in [4.78, 5) is 29.6. The van der Waals surface area contributed by atoms with Crippen LogP contribution in [-0.4, -0.2) is 83.5 Å². The van der Waals surface area contributed by atoms with Crippen LogP contribution in [0.5, 0.6) is 0 Å². The fourth-order valence-electron chi connectivity index (χ4n) is 3.62. The Kier molecular flexibility index (Phi) is 5.81. The molecule has 2 rings (SSSR count). The summed E-state index contributed by atoms with van der Waals surface area (Å²) in [6.45, 7) is 11.3. The fourth-order valence-corrected chi connectivity index (χ4v) is 3.62. The van der Waals surface area contributed by atoms with Crippen molar-refractivity contribution in [3.8, 4) is 0 Å². The smallest absolute Gasteiger partial charge is 0.320 e. The van der Waals surface area contributed by atoms with Gasteiger partial charge in [0.15, 0.2) is 0 Å². The van der Waals surface area contributed by atoms with Gasteiger partial charge >= 0.3 is 5.97 Å². The molecule has 0 radical (unpaired) electrons. The molecular weight excluding hydrogens is 282 g/mol. The van der Waals surface area contributed by atoms with E-state index in [0.717, 1.165) is 26.2 Å². The third-order valence-electron chi connectivity index (χ3n) is 4.89. The molecule has 0 aliphatic carbocycles. The molecule has 1 amide bonds. The van der Waals surface area contributed by atoms with Gasteiger partial charge in [-0.25, -0.2) is 0 Å². The van der Waals surface area contributed by atoms with Crippen LogP contribution in [0.3, 0.4) is 0 Å². The highest BCUT2D eigenvalue weighted by molar-refractivity contribution is 5.78. The zero-order valence-corrected chi connectivity index (χ0v) is 14.0. The van der Waals surface area contributed by atoms with E-state index in [9.17, 15) is 9.59 Å². The first-order chi connectivity index (χ1) is 10.4. The lowest BCUT2D eigenvalue weighted by atomic mass is 9.92. The Morgan fingerprint density at radius 1 is 1.09 bits per heavy atom. The van der Waals surface area contributed by atoms with Crippen LogP contribution in [0, 0.1) is 11.8 Å². The van der Waals surface area contributed by atoms with Crippen LogP contribution < -0.4 is 0 Å². The molecule has 3 unspecified atom stereocenters. The molecule has 6 nitrogen and oxygen atoms in total. The van der Waals surface area contributed by atoms with Crippen molar-refractivity contribution in [1.82, 2.24) is 14.7 Å². The Hall–Kier alpha value is -1.14. The maximum absolute atomic E-state index is 12.5. The normalized spacial score (nSPS) is 29.3. The van der Waals surface area contributed by atoms with E-state index in [4.69, 9.17) is 5.11 Å². The number of nitrogens with zero attached hydrogens (tertiary/aromatic N) is 3. The standard InChI is InChI=1S/C16H29N3O3/c1-12-8-13(2)10-19(9-12)15(20)11-17-4-6-18(7-5-17)14(3)16(21)22/h12-14H,4-11H2,1-3H3,(H,21,22). The number of aliphatic carboxylic acids is 1. The summed E-state index contributed by atoms with van der Waals surface area (Å²) in [7, 11) is 0. The number of rotatable bonds is 4. The third-order valence-corrected chi connectivity index (χ3v) is 4.89. The van der Waals surface area contributed by atoms with Crippen LogP contribution in [-0.2, 0) is 9.59 Å². The van der Waals surface area contributed by atoms with Crippen molar-refractivity contribution in [3.63, 3.8) is 0 Å². The van der Waals surface area contributed by atoms with Gasteiger partial charge < -0.3 is 10.0 Å². The minimum atomic E-state index is -0.777. The van der Waals surface area contributed by atoms with Crippen LogP contribution in [0.25, 0.3) is 0 Å². The first-order valence-electron chi connectivity index (χ1n) is 8.33. The zero-order chi connectivity index (χ0) is 16.3. The van der Waals surface area contributed by atoms with E-state index in [-0.39, 0.29) is 5.91 Å². The molecule has 0 saturated carbocycles. The first kappa shape index (κ1) is 17.2. The van der Waals surface area contributed by atoms with Crippen LogP contribution in [0.4, 0.5) is 0 Å². The van der Waals surface area contributed by atoms with E-state index in [0.29, 0.717) is 31.5 Å². The lowest BCUT2D eigenvalue weighted by Crippen LogP contribution is -2.54. The Balaban J connectivity index is 1.78. The molecule has 6 heteroatoms. The van der Waals surface area contributed by atoms with Gasteiger partial charge in [0.1, 0.15) is 6.04 Å². The predicted octanol–water partition coefficient (Wildman–Crippen LogP) is 0.582. The average molecular weight is 311 g/mol. The van der Waals surface area contributed by atoms with Crippen molar-refractivity contribution in [2.75, 3.05) is 45.8 Å². The predicted molar refractivity (Wildman–Crippen MR) is 84.6 cm³/mol. The summed E-state index contributed by atoms with van der Waals surface area (Å²) >= 11 is 0. The molecule has 2 aliphatic heterocycles. The van der Waals surface area contributed by atoms with Gasteiger partial charge in [-0.1, -0.05) is 13.8 Å². The van der Waals surface area contributed by atoms with E-state index >= 15 is 0 Å². The van der Waals surface area contributed by atoms with Crippen LogP contribution >= 0.6 is 0 Å². The van der Waals surface area contributed by atoms with E-state index in [1.165, 1.54) is 6.42 Å². The quantitative estimate of drug-likeness (QED) is 0.823. The molecule has 0 bridgehead atoms. The molecule has 0 aromatic rings. The topological polar surface area (TPSA) is 64.1 Å². The number of carbonyl (C=O) groups is 2. The van der Waals surface area contributed by atoms with Gasteiger partial charge in [-0.3, -0.25) is 19.4 Å². The summed E-state index contributed by atoms with van der Waals surface area (Å²) < 4.78 is 0. The molecule has 1 N–H and O–H groups in total. The number of hydrogen-bond acceptors (Lipinski definition) is 4. The molecular formula is C16H29N3O3. The second-order valence-corrected chi connectivity index (χ2v) is 7.07. The average Bonchev–Trinajstić information content (AvgIpc) is 2.46. The van der Waals surface area contributed by atoms with Crippen molar-refractivity contribution in [2.24, 2.45) is 11.8 Å². The highest BCUT2D eigenvalue weighted by Gasteiger charge is 2.29. The number of carboxylic acid groups (broad SMARTS) is 1. The Labute approximate surface area is 133 Å². The monoisotopic (exact) mass is 311 g/mol. The largest absolute Gasteiger partial charge is 0.480 e. The van der Waals surface area contributed by atoms with E-state index < -0.39 is 12.0 Å². The number of carboxylic acids is 1.